The van der Waals surface area contributed by atoms with Crippen LogP contribution in [0.3, 0.4) is 0 Å². The fourth-order valence-corrected chi connectivity index (χ4v) is 3.21. The number of rotatable bonds is 4. The molecule has 2 N–H and O–H groups in total. The molecular weight excluding hydrogens is 356 g/mol. The molecule has 124 valence electrons. The Morgan fingerprint density at radius 1 is 1.12 bits per heavy atom. The van der Waals surface area contributed by atoms with Gasteiger partial charge in [0.2, 0.25) is 5.95 Å². The van der Waals surface area contributed by atoms with Crippen LogP contribution in [0, 0.1) is 6.92 Å². The van der Waals surface area contributed by atoms with Gasteiger partial charge < -0.3 is 5.32 Å². The summed E-state index contributed by atoms with van der Waals surface area (Å²) in [6.45, 7) is 1.92. The average Bonchev–Trinajstić information content (AvgIpc) is 3.24. The molecule has 3 aromatic heterocycles. The Kier molecular flexibility index (Phi) is 4.17. The highest BCUT2D eigenvalue weighted by Crippen LogP contribution is 2.33. The van der Waals surface area contributed by atoms with E-state index < -0.39 is 0 Å². The molecule has 4 rings (SSSR count). The molecule has 0 bridgehead atoms. The van der Waals surface area contributed by atoms with E-state index in [0.717, 1.165) is 33.3 Å². The highest BCUT2D eigenvalue weighted by atomic mass is 35.5. The molecule has 0 aliphatic carbocycles. The number of nitrogens with zero attached hydrogens (tertiary/aromatic N) is 4. The lowest BCUT2D eigenvalue weighted by Crippen LogP contribution is -1.97. The Balaban J connectivity index is 1.63. The highest BCUT2D eigenvalue weighted by molar-refractivity contribution is 7.14. The fourth-order valence-electron chi connectivity index (χ4n) is 2.38. The number of aromatic nitrogens is 5. The van der Waals surface area contributed by atoms with Crippen molar-refractivity contribution in [3.63, 3.8) is 0 Å². The van der Waals surface area contributed by atoms with Gasteiger partial charge in [-0.05, 0) is 25.1 Å². The normalized spacial score (nSPS) is 10.8. The zero-order valence-corrected chi connectivity index (χ0v) is 14.8. The zero-order chi connectivity index (χ0) is 17.2. The molecule has 1 aromatic carbocycles. The highest BCUT2D eigenvalue weighted by Gasteiger charge is 2.13. The SMILES string of the molecule is Cc1ccnc(Nc2nc(-c3cn[nH]c3-c3ccc(Cl)cc3)cs2)n1. The molecule has 0 fully saturated rings. The monoisotopic (exact) mass is 368 g/mol. The van der Waals surface area contributed by atoms with Crippen molar-refractivity contribution in [2.75, 3.05) is 5.32 Å². The Hall–Kier alpha value is -2.77. The summed E-state index contributed by atoms with van der Waals surface area (Å²) in [5, 5.41) is 13.7. The number of aromatic amines is 1. The summed E-state index contributed by atoms with van der Waals surface area (Å²) in [5.74, 6) is 0.533. The van der Waals surface area contributed by atoms with E-state index in [1.54, 1.807) is 12.4 Å². The first kappa shape index (κ1) is 15.7. The van der Waals surface area contributed by atoms with Crippen molar-refractivity contribution in [2.24, 2.45) is 0 Å². The third-order valence-electron chi connectivity index (χ3n) is 3.57. The van der Waals surface area contributed by atoms with Gasteiger partial charge in [0.1, 0.15) is 0 Å². The lowest BCUT2D eigenvalue weighted by molar-refractivity contribution is 1.10. The van der Waals surface area contributed by atoms with E-state index in [4.69, 9.17) is 11.6 Å². The fraction of sp³-hybridized carbons (Fsp3) is 0.0588. The summed E-state index contributed by atoms with van der Waals surface area (Å²) < 4.78 is 0. The molecule has 0 aliphatic heterocycles. The van der Waals surface area contributed by atoms with Crippen LogP contribution in [-0.4, -0.2) is 25.1 Å². The van der Waals surface area contributed by atoms with Crippen molar-refractivity contribution in [3.8, 4) is 22.5 Å². The Labute approximate surface area is 153 Å². The number of aryl methyl sites for hydroxylation is 1. The Bertz CT molecular complexity index is 1010. The molecule has 0 spiro atoms. The summed E-state index contributed by atoms with van der Waals surface area (Å²) in [4.78, 5) is 13.1. The second kappa shape index (κ2) is 6.62. The molecule has 3 heterocycles. The molecular formula is C17H13ClN6S. The molecule has 0 saturated heterocycles. The minimum atomic E-state index is 0.533. The minimum Gasteiger partial charge on any atom is -0.300 e. The molecule has 0 aliphatic rings. The van der Waals surface area contributed by atoms with Crippen LogP contribution < -0.4 is 5.32 Å². The first-order valence-corrected chi connectivity index (χ1v) is 8.77. The van der Waals surface area contributed by atoms with E-state index >= 15 is 0 Å². The third kappa shape index (κ3) is 3.38. The summed E-state index contributed by atoms with van der Waals surface area (Å²) in [6, 6.07) is 9.45. The number of hydrogen-bond donors (Lipinski definition) is 2. The second-order valence-electron chi connectivity index (χ2n) is 5.35. The number of H-pyrrole nitrogens is 1. The quantitative estimate of drug-likeness (QED) is 0.546. The topological polar surface area (TPSA) is 79.4 Å². The van der Waals surface area contributed by atoms with Crippen molar-refractivity contribution in [1.29, 1.82) is 0 Å². The van der Waals surface area contributed by atoms with E-state index in [2.05, 4.69) is 30.5 Å². The van der Waals surface area contributed by atoms with Crippen LogP contribution in [0.4, 0.5) is 11.1 Å². The van der Waals surface area contributed by atoms with Crippen LogP contribution in [0.2, 0.25) is 5.02 Å². The summed E-state index contributed by atoms with van der Waals surface area (Å²) in [5.41, 5.74) is 4.56. The minimum absolute atomic E-state index is 0.533. The lowest BCUT2D eigenvalue weighted by atomic mass is 10.1. The molecule has 0 amide bonds. The van der Waals surface area contributed by atoms with Gasteiger partial charge in [0, 0.05) is 33.4 Å². The Morgan fingerprint density at radius 3 is 2.76 bits per heavy atom. The Morgan fingerprint density at radius 2 is 1.96 bits per heavy atom. The third-order valence-corrected chi connectivity index (χ3v) is 4.58. The maximum Gasteiger partial charge on any atom is 0.229 e. The van der Waals surface area contributed by atoms with Crippen LogP contribution >= 0.6 is 22.9 Å². The van der Waals surface area contributed by atoms with Crippen LogP contribution in [0.5, 0.6) is 0 Å². The van der Waals surface area contributed by atoms with Gasteiger partial charge in [-0.15, -0.1) is 11.3 Å². The van der Waals surface area contributed by atoms with Crippen LogP contribution in [0.15, 0.2) is 48.1 Å². The van der Waals surface area contributed by atoms with Crippen molar-refractivity contribution in [1.82, 2.24) is 25.1 Å². The van der Waals surface area contributed by atoms with E-state index in [0.29, 0.717) is 11.0 Å². The number of halogens is 1. The van der Waals surface area contributed by atoms with Crippen molar-refractivity contribution < 1.29 is 0 Å². The van der Waals surface area contributed by atoms with E-state index in [9.17, 15) is 0 Å². The number of nitrogens with one attached hydrogen (secondary N) is 2. The van der Waals surface area contributed by atoms with Crippen LogP contribution in [-0.2, 0) is 0 Å². The predicted octanol–water partition coefficient (Wildman–Crippen LogP) is 4.70. The molecule has 0 unspecified atom stereocenters. The van der Waals surface area contributed by atoms with Gasteiger partial charge >= 0.3 is 0 Å². The molecule has 8 heteroatoms. The van der Waals surface area contributed by atoms with Gasteiger partial charge in [-0.3, -0.25) is 5.10 Å². The van der Waals surface area contributed by atoms with Gasteiger partial charge in [-0.2, -0.15) is 5.10 Å². The molecule has 6 nitrogen and oxygen atoms in total. The summed E-state index contributed by atoms with van der Waals surface area (Å²) >= 11 is 7.45. The number of benzene rings is 1. The molecule has 0 saturated carbocycles. The molecule has 4 aromatic rings. The van der Waals surface area contributed by atoms with Crippen molar-refractivity contribution in [2.45, 2.75) is 6.92 Å². The average molecular weight is 369 g/mol. The van der Waals surface area contributed by atoms with Gasteiger partial charge in [-0.25, -0.2) is 15.0 Å². The van der Waals surface area contributed by atoms with Gasteiger partial charge in [0.05, 0.1) is 17.6 Å². The number of hydrogen-bond acceptors (Lipinski definition) is 6. The molecule has 25 heavy (non-hydrogen) atoms. The predicted molar refractivity (Wildman–Crippen MR) is 100 cm³/mol. The summed E-state index contributed by atoms with van der Waals surface area (Å²) in [6.07, 6.45) is 3.49. The van der Waals surface area contributed by atoms with Gasteiger partial charge in [0.15, 0.2) is 5.13 Å². The van der Waals surface area contributed by atoms with E-state index in [1.165, 1.54) is 11.3 Å². The van der Waals surface area contributed by atoms with E-state index in [-0.39, 0.29) is 0 Å². The first-order chi connectivity index (χ1) is 12.2. The maximum absolute atomic E-state index is 5.96. The largest absolute Gasteiger partial charge is 0.300 e. The van der Waals surface area contributed by atoms with Crippen LogP contribution in [0.25, 0.3) is 22.5 Å². The summed E-state index contributed by atoms with van der Waals surface area (Å²) in [7, 11) is 0. The molecule has 0 radical (unpaired) electrons. The number of thiazole rings is 1. The standard InChI is InChI=1S/C17H13ClN6S/c1-10-6-7-19-16(21-10)23-17-22-14(9-25-17)13-8-20-24-15(13)11-2-4-12(18)5-3-11/h2-9H,1H3,(H,20,24)(H,19,21,22,23). The maximum atomic E-state index is 5.96. The smallest absolute Gasteiger partial charge is 0.229 e. The van der Waals surface area contributed by atoms with Crippen molar-refractivity contribution >= 4 is 34.0 Å². The zero-order valence-electron chi connectivity index (χ0n) is 13.2. The van der Waals surface area contributed by atoms with E-state index in [1.807, 2.05) is 42.6 Å². The molecule has 0 atom stereocenters. The van der Waals surface area contributed by atoms with Crippen molar-refractivity contribution in [3.05, 3.63) is 58.8 Å². The second-order valence-corrected chi connectivity index (χ2v) is 6.64. The van der Waals surface area contributed by atoms with Gasteiger partial charge in [-0.1, -0.05) is 23.7 Å². The van der Waals surface area contributed by atoms with Crippen LogP contribution in [0.1, 0.15) is 5.69 Å². The lowest BCUT2D eigenvalue weighted by Gasteiger charge is -2.02. The first-order valence-electron chi connectivity index (χ1n) is 7.51. The number of anilines is 2. The van der Waals surface area contributed by atoms with Gasteiger partial charge in [0.25, 0.3) is 0 Å².